The summed E-state index contributed by atoms with van der Waals surface area (Å²) in [6.07, 6.45) is 0.185. The predicted molar refractivity (Wildman–Crippen MR) is 98.8 cm³/mol. The lowest BCUT2D eigenvalue weighted by atomic mass is 10.1. The summed E-state index contributed by atoms with van der Waals surface area (Å²) < 4.78 is 0. The Morgan fingerprint density at radius 1 is 1.28 bits per heavy atom. The van der Waals surface area contributed by atoms with Gasteiger partial charge >= 0.3 is 0 Å². The minimum absolute atomic E-state index is 0.0527. The molecule has 1 saturated heterocycles. The molecule has 0 saturated carbocycles. The van der Waals surface area contributed by atoms with Crippen LogP contribution in [0.4, 0.5) is 10.7 Å². The largest absolute Gasteiger partial charge is 0.316 e. The van der Waals surface area contributed by atoms with Gasteiger partial charge in [-0.1, -0.05) is 17.7 Å². The highest BCUT2D eigenvalue weighted by molar-refractivity contribution is 7.16. The summed E-state index contributed by atoms with van der Waals surface area (Å²) >= 11 is 1.40. The van der Waals surface area contributed by atoms with Crippen molar-refractivity contribution in [2.24, 2.45) is 5.92 Å². The molecular weight excluding hydrogens is 334 g/mol. The summed E-state index contributed by atoms with van der Waals surface area (Å²) in [7, 11) is 0. The molecule has 0 spiro atoms. The zero-order valence-electron chi connectivity index (χ0n) is 14.4. The van der Waals surface area contributed by atoms with E-state index in [1.807, 2.05) is 45.0 Å². The molecule has 1 fully saturated rings. The summed E-state index contributed by atoms with van der Waals surface area (Å²) in [6.45, 7) is 6.15. The van der Waals surface area contributed by atoms with Crippen molar-refractivity contribution < 1.29 is 9.59 Å². The molecule has 0 radical (unpaired) electrons. The zero-order valence-corrected chi connectivity index (χ0v) is 15.2. The van der Waals surface area contributed by atoms with E-state index in [1.165, 1.54) is 11.3 Å². The van der Waals surface area contributed by atoms with Crippen LogP contribution in [-0.2, 0) is 9.59 Å². The Morgan fingerprint density at radius 2 is 1.96 bits per heavy atom. The SMILES string of the molecule is Cc1ccc(N2CC(C(=O)Nc3sc(C)c(C)c3C#N)CC2=O)cc1. The molecular formula is C19H19N3O2S. The number of nitrogens with zero attached hydrogens (tertiary/aromatic N) is 2. The van der Waals surface area contributed by atoms with Crippen molar-refractivity contribution in [3.63, 3.8) is 0 Å². The van der Waals surface area contributed by atoms with Crippen LogP contribution in [0.2, 0.25) is 0 Å². The van der Waals surface area contributed by atoms with Crippen LogP contribution in [0, 0.1) is 38.0 Å². The second kappa shape index (κ2) is 6.69. The number of hydrogen-bond acceptors (Lipinski definition) is 4. The monoisotopic (exact) mass is 353 g/mol. The molecule has 5 nitrogen and oxygen atoms in total. The van der Waals surface area contributed by atoms with E-state index >= 15 is 0 Å². The Bertz CT molecular complexity index is 877. The molecule has 25 heavy (non-hydrogen) atoms. The summed E-state index contributed by atoms with van der Waals surface area (Å²) in [4.78, 5) is 27.6. The number of aryl methyl sites for hydroxylation is 2. The second-order valence-electron chi connectivity index (χ2n) is 6.33. The number of benzene rings is 1. The maximum Gasteiger partial charge on any atom is 0.230 e. The standard InChI is InChI=1S/C19H19N3O2S/c1-11-4-6-15(7-5-11)22-10-14(8-17(22)23)18(24)21-19-16(9-20)12(2)13(3)25-19/h4-7,14H,8,10H2,1-3H3,(H,21,24). The van der Waals surface area contributed by atoms with Crippen molar-refractivity contribution in [3.05, 3.63) is 45.8 Å². The number of nitrogens with one attached hydrogen (secondary N) is 1. The van der Waals surface area contributed by atoms with Crippen LogP contribution in [-0.4, -0.2) is 18.4 Å². The molecule has 2 aromatic rings. The van der Waals surface area contributed by atoms with Crippen molar-refractivity contribution in [1.82, 2.24) is 0 Å². The minimum Gasteiger partial charge on any atom is -0.316 e. The van der Waals surface area contributed by atoms with Gasteiger partial charge in [0, 0.05) is 23.5 Å². The first-order chi connectivity index (χ1) is 11.9. The first-order valence-electron chi connectivity index (χ1n) is 8.08. The van der Waals surface area contributed by atoms with Crippen molar-refractivity contribution in [1.29, 1.82) is 5.26 Å². The maximum absolute atomic E-state index is 12.6. The lowest BCUT2D eigenvalue weighted by molar-refractivity contribution is -0.122. The van der Waals surface area contributed by atoms with Crippen LogP contribution in [0.3, 0.4) is 0 Å². The van der Waals surface area contributed by atoms with Gasteiger partial charge in [-0.15, -0.1) is 11.3 Å². The Balaban J connectivity index is 1.74. The Labute approximate surface area is 150 Å². The van der Waals surface area contributed by atoms with E-state index in [9.17, 15) is 14.9 Å². The third-order valence-electron chi connectivity index (χ3n) is 4.58. The first-order valence-corrected chi connectivity index (χ1v) is 8.90. The Hall–Kier alpha value is -2.65. The van der Waals surface area contributed by atoms with Gasteiger partial charge in [0.05, 0.1) is 11.5 Å². The van der Waals surface area contributed by atoms with Crippen LogP contribution in [0.5, 0.6) is 0 Å². The van der Waals surface area contributed by atoms with Crippen LogP contribution < -0.4 is 10.2 Å². The highest BCUT2D eigenvalue weighted by Gasteiger charge is 2.35. The average Bonchev–Trinajstić information content (AvgIpc) is 3.09. The fourth-order valence-electron chi connectivity index (χ4n) is 2.92. The van der Waals surface area contributed by atoms with Gasteiger partial charge in [-0.05, 0) is 38.5 Å². The second-order valence-corrected chi connectivity index (χ2v) is 7.55. The quantitative estimate of drug-likeness (QED) is 0.917. The molecule has 1 aliphatic rings. The van der Waals surface area contributed by atoms with Gasteiger partial charge in [0.15, 0.2) is 0 Å². The molecule has 2 heterocycles. The molecule has 0 bridgehead atoms. The van der Waals surface area contributed by atoms with E-state index < -0.39 is 5.92 Å². The molecule has 1 aromatic heterocycles. The van der Waals surface area contributed by atoms with Crippen LogP contribution >= 0.6 is 11.3 Å². The molecule has 1 unspecified atom stereocenters. The van der Waals surface area contributed by atoms with Gasteiger partial charge in [-0.2, -0.15) is 5.26 Å². The van der Waals surface area contributed by atoms with Crippen molar-refractivity contribution in [3.8, 4) is 6.07 Å². The highest BCUT2D eigenvalue weighted by atomic mass is 32.1. The predicted octanol–water partition coefficient (Wildman–Crippen LogP) is 3.54. The average molecular weight is 353 g/mol. The van der Waals surface area contributed by atoms with E-state index in [-0.39, 0.29) is 18.2 Å². The van der Waals surface area contributed by atoms with Crippen molar-refractivity contribution in [2.45, 2.75) is 27.2 Å². The highest BCUT2D eigenvalue weighted by Crippen LogP contribution is 2.33. The van der Waals surface area contributed by atoms with Gasteiger partial charge in [0.1, 0.15) is 11.1 Å². The van der Waals surface area contributed by atoms with E-state index in [0.717, 1.165) is 21.7 Å². The van der Waals surface area contributed by atoms with Gasteiger partial charge in [0.2, 0.25) is 11.8 Å². The Kier molecular flexibility index (Phi) is 4.60. The summed E-state index contributed by atoms with van der Waals surface area (Å²) in [6, 6.07) is 9.84. The van der Waals surface area contributed by atoms with Gasteiger partial charge < -0.3 is 10.2 Å². The number of rotatable bonds is 3. The maximum atomic E-state index is 12.6. The molecule has 2 amide bonds. The number of hydrogen-bond donors (Lipinski definition) is 1. The molecule has 3 rings (SSSR count). The minimum atomic E-state index is -0.414. The number of anilines is 2. The van der Waals surface area contributed by atoms with E-state index in [4.69, 9.17) is 0 Å². The fourth-order valence-corrected chi connectivity index (χ4v) is 3.93. The number of thiophene rings is 1. The van der Waals surface area contributed by atoms with Crippen molar-refractivity contribution >= 4 is 33.8 Å². The Morgan fingerprint density at radius 3 is 2.60 bits per heavy atom. The van der Waals surface area contributed by atoms with Gasteiger partial charge in [0.25, 0.3) is 0 Å². The first kappa shape index (κ1) is 17.2. The molecule has 128 valence electrons. The van der Waals surface area contributed by atoms with Crippen LogP contribution in [0.15, 0.2) is 24.3 Å². The third-order valence-corrected chi connectivity index (χ3v) is 5.70. The fraction of sp³-hybridized carbons (Fsp3) is 0.316. The topological polar surface area (TPSA) is 73.2 Å². The summed E-state index contributed by atoms with van der Waals surface area (Å²) in [5.74, 6) is -0.674. The lowest BCUT2D eigenvalue weighted by Crippen LogP contribution is -2.28. The molecule has 0 aliphatic carbocycles. The number of amides is 2. The normalized spacial score (nSPS) is 16.8. The van der Waals surface area contributed by atoms with E-state index in [2.05, 4.69) is 11.4 Å². The number of carbonyl (C=O) groups is 2. The van der Waals surface area contributed by atoms with Gasteiger partial charge in [-0.3, -0.25) is 9.59 Å². The molecule has 1 aliphatic heterocycles. The van der Waals surface area contributed by atoms with Crippen molar-refractivity contribution in [2.75, 3.05) is 16.8 Å². The van der Waals surface area contributed by atoms with Crippen LogP contribution in [0.25, 0.3) is 0 Å². The molecule has 1 aromatic carbocycles. The lowest BCUT2D eigenvalue weighted by Gasteiger charge is -2.16. The summed E-state index contributed by atoms with van der Waals surface area (Å²) in [5.41, 5.74) is 3.34. The number of nitriles is 1. The zero-order chi connectivity index (χ0) is 18.1. The smallest absolute Gasteiger partial charge is 0.230 e. The molecule has 1 atom stereocenters. The third kappa shape index (κ3) is 3.28. The van der Waals surface area contributed by atoms with Gasteiger partial charge in [-0.25, -0.2) is 0 Å². The molecule has 1 N–H and O–H groups in total. The number of carbonyl (C=O) groups excluding carboxylic acids is 2. The van der Waals surface area contributed by atoms with E-state index in [0.29, 0.717) is 17.1 Å². The van der Waals surface area contributed by atoms with Crippen LogP contribution in [0.1, 0.15) is 28.0 Å². The van der Waals surface area contributed by atoms with E-state index in [1.54, 1.807) is 4.90 Å². The molecule has 6 heteroatoms. The summed E-state index contributed by atoms with van der Waals surface area (Å²) in [5, 5.41) is 12.7.